The lowest BCUT2D eigenvalue weighted by Crippen LogP contribution is -2.32. The second-order valence-electron chi connectivity index (χ2n) is 4.54. The highest BCUT2D eigenvalue weighted by Crippen LogP contribution is 2.12. The highest BCUT2D eigenvalue weighted by molar-refractivity contribution is 14.1. The molecule has 0 aliphatic heterocycles. The molecule has 1 rings (SSSR count). The number of halogens is 1. The first-order chi connectivity index (χ1) is 9.52. The molecule has 1 unspecified atom stereocenters. The molecule has 0 saturated carbocycles. The average Bonchev–Trinajstić information content (AvgIpc) is 2.41. The smallest absolute Gasteiger partial charge is 0.320 e. The summed E-state index contributed by atoms with van der Waals surface area (Å²) in [6.45, 7) is 0. The van der Waals surface area contributed by atoms with Crippen molar-refractivity contribution in [3.8, 4) is 0 Å². The van der Waals surface area contributed by atoms with E-state index in [1.165, 1.54) is 0 Å². The summed E-state index contributed by atoms with van der Waals surface area (Å²) in [7, 11) is 0. The van der Waals surface area contributed by atoms with Gasteiger partial charge in [0.2, 0.25) is 5.91 Å². The van der Waals surface area contributed by atoms with Gasteiger partial charge in [0.15, 0.2) is 0 Å². The summed E-state index contributed by atoms with van der Waals surface area (Å²) in [4.78, 5) is 22.3. The number of amides is 1. The highest BCUT2D eigenvalue weighted by atomic mass is 127. The van der Waals surface area contributed by atoms with E-state index < -0.39 is 12.0 Å². The van der Waals surface area contributed by atoms with Gasteiger partial charge in [-0.1, -0.05) is 34.7 Å². The number of hydrogen-bond acceptors (Lipinski definition) is 3. The molecule has 0 aliphatic carbocycles. The van der Waals surface area contributed by atoms with E-state index in [4.69, 9.17) is 10.8 Å². The summed E-state index contributed by atoms with van der Waals surface area (Å²) in [5.41, 5.74) is 7.02. The summed E-state index contributed by atoms with van der Waals surface area (Å²) < 4.78 is 1.06. The zero-order valence-electron chi connectivity index (χ0n) is 11.1. The summed E-state index contributed by atoms with van der Waals surface area (Å²) in [6, 6.07) is 6.19. The van der Waals surface area contributed by atoms with Crippen LogP contribution in [0.1, 0.15) is 24.8 Å². The number of benzene rings is 1. The van der Waals surface area contributed by atoms with Crippen LogP contribution >= 0.6 is 22.6 Å². The molecule has 0 spiro atoms. The third-order valence-corrected chi connectivity index (χ3v) is 3.56. The van der Waals surface area contributed by atoms with E-state index in [9.17, 15) is 9.59 Å². The van der Waals surface area contributed by atoms with Crippen molar-refractivity contribution in [3.63, 3.8) is 0 Å². The van der Waals surface area contributed by atoms with Crippen molar-refractivity contribution in [2.24, 2.45) is 5.73 Å². The molecular weight excluding hydrogens is 371 g/mol. The van der Waals surface area contributed by atoms with Crippen molar-refractivity contribution in [1.82, 2.24) is 0 Å². The molecule has 0 radical (unpaired) electrons. The van der Waals surface area contributed by atoms with Crippen LogP contribution in [0.15, 0.2) is 24.3 Å². The Balaban J connectivity index is 2.46. The number of unbranched alkanes of at least 4 members (excludes halogenated alkanes) is 1. The molecule has 4 N–H and O–H groups in total. The molecule has 1 atom stereocenters. The number of nitrogens with one attached hydrogen (secondary N) is 1. The van der Waals surface area contributed by atoms with Crippen molar-refractivity contribution in [2.75, 3.05) is 9.74 Å². The van der Waals surface area contributed by atoms with Crippen molar-refractivity contribution in [2.45, 2.75) is 31.7 Å². The van der Waals surface area contributed by atoms with Gasteiger partial charge in [0.05, 0.1) is 0 Å². The molecule has 0 fully saturated rings. The highest BCUT2D eigenvalue weighted by Gasteiger charge is 2.11. The van der Waals surface area contributed by atoms with E-state index in [0.717, 1.165) is 28.5 Å². The van der Waals surface area contributed by atoms with Gasteiger partial charge in [-0.15, -0.1) is 0 Å². The molecule has 6 heteroatoms. The maximum Gasteiger partial charge on any atom is 0.320 e. The second-order valence-corrected chi connectivity index (χ2v) is 5.62. The molecule has 0 saturated heterocycles. The number of carboxylic acid groups (broad SMARTS) is 1. The van der Waals surface area contributed by atoms with E-state index in [0.29, 0.717) is 6.42 Å². The fourth-order valence-corrected chi connectivity index (χ4v) is 2.21. The van der Waals surface area contributed by atoms with Crippen molar-refractivity contribution in [3.05, 3.63) is 29.8 Å². The zero-order valence-corrected chi connectivity index (χ0v) is 13.3. The fraction of sp³-hybridized carbons (Fsp3) is 0.429. The summed E-state index contributed by atoms with van der Waals surface area (Å²) in [5, 5.41) is 11.6. The van der Waals surface area contributed by atoms with Gasteiger partial charge in [0.25, 0.3) is 0 Å². The molecule has 0 aromatic heterocycles. The largest absolute Gasteiger partial charge is 0.480 e. The molecule has 0 bridgehead atoms. The molecule has 1 amide bonds. The van der Waals surface area contributed by atoms with E-state index >= 15 is 0 Å². The van der Waals surface area contributed by atoms with Gasteiger partial charge in [0.1, 0.15) is 6.04 Å². The van der Waals surface area contributed by atoms with Gasteiger partial charge in [-0.2, -0.15) is 0 Å². The number of hydrogen-bond donors (Lipinski definition) is 3. The van der Waals surface area contributed by atoms with Gasteiger partial charge in [-0.25, -0.2) is 0 Å². The lowest BCUT2D eigenvalue weighted by Gasteiger charge is -2.08. The maximum absolute atomic E-state index is 11.6. The van der Waals surface area contributed by atoms with E-state index in [1.54, 1.807) is 24.3 Å². The third-order valence-electron chi connectivity index (χ3n) is 2.80. The van der Waals surface area contributed by atoms with Gasteiger partial charge in [0, 0.05) is 12.1 Å². The number of carboxylic acids is 1. The molecule has 0 aliphatic rings. The third kappa shape index (κ3) is 6.33. The van der Waals surface area contributed by atoms with Crippen molar-refractivity contribution in [1.29, 1.82) is 0 Å². The minimum absolute atomic E-state index is 0.00448. The Labute approximate surface area is 132 Å². The quantitative estimate of drug-likeness (QED) is 0.361. The van der Waals surface area contributed by atoms with Crippen LogP contribution in [0.4, 0.5) is 5.69 Å². The van der Waals surface area contributed by atoms with Gasteiger partial charge in [-0.05, 0) is 41.4 Å². The van der Waals surface area contributed by atoms with E-state index in [1.807, 2.05) is 0 Å². The van der Waals surface area contributed by atoms with Crippen LogP contribution in [0.25, 0.3) is 0 Å². The Morgan fingerprint density at radius 2 is 1.90 bits per heavy atom. The number of aliphatic carboxylic acids is 1. The van der Waals surface area contributed by atoms with Gasteiger partial charge < -0.3 is 16.2 Å². The van der Waals surface area contributed by atoms with Crippen LogP contribution in [0.3, 0.4) is 0 Å². The maximum atomic E-state index is 11.6. The van der Waals surface area contributed by atoms with Crippen LogP contribution in [0.5, 0.6) is 0 Å². The first-order valence-electron chi connectivity index (χ1n) is 6.46. The molecule has 20 heavy (non-hydrogen) atoms. The van der Waals surface area contributed by atoms with Crippen LogP contribution < -0.4 is 11.1 Å². The van der Waals surface area contributed by atoms with Crippen LogP contribution in [0.2, 0.25) is 0 Å². The Hall–Kier alpha value is -1.15. The van der Waals surface area contributed by atoms with Gasteiger partial charge >= 0.3 is 5.97 Å². The van der Waals surface area contributed by atoms with Crippen LogP contribution in [-0.2, 0) is 16.0 Å². The SMILES string of the molecule is NC(Cc1ccc(NC(=O)CCCCI)cc1)C(=O)O. The number of rotatable bonds is 8. The zero-order chi connectivity index (χ0) is 15.0. The minimum atomic E-state index is -1.02. The second kappa shape index (κ2) is 8.91. The van der Waals surface area contributed by atoms with Crippen LogP contribution in [-0.4, -0.2) is 27.5 Å². The Morgan fingerprint density at radius 3 is 2.45 bits per heavy atom. The topological polar surface area (TPSA) is 92.4 Å². The van der Waals surface area contributed by atoms with Crippen LogP contribution in [0, 0.1) is 0 Å². The lowest BCUT2D eigenvalue weighted by molar-refractivity contribution is -0.138. The normalized spacial score (nSPS) is 11.9. The molecular formula is C14H19IN2O3. The minimum Gasteiger partial charge on any atom is -0.480 e. The van der Waals surface area contributed by atoms with Crippen molar-refractivity contribution < 1.29 is 14.7 Å². The number of alkyl halides is 1. The summed E-state index contributed by atoms with van der Waals surface area (Å²) >= 11 is 2.29. The fourth-order valence-electron chi connectivity index (χ4n) is 1.67. The molecule has 1 aromatic carbocycles. The van der Waals surface area contributed by atoms with Gasteiger partial charge in [-0.3, -0.25) is 9.59 Å². The first kappa shape index (κ1) is 16.9. The number of carbonyl (C=O) groups excluding carboxylic acids is 1. The molecule has 0 heterocycles. The monoisotopic (exact) mass is 390 g/mol. The Kier molecular flexibility index (Phi) is 7.53. The summed E-state index contributed by atoms with van der Waals surface area (Å²) in [6.07, 6.45) is 2.73. The number of nitrogens with two attached hydrogens (primary N) is 1. The Morgan fingerprint density at radius 1 is 1.25 bits per heavy atom. The average molecular weight is 390 g/mol. The predicted molar refractivity (Wildman–Crippen MR) is 87.1 cm³/mol. The number of anilines is 1. The lowest BCUT2D eigenvalue weighted by atomic mass is 10.1. The first-order valence-corrected chi connectivity index (χ1v) is 7.98. The Bertz CT molecular complexity index is 448. The number of carbonyl (C=O) groups is 2. The standard InChI is InChI=1S/C14H19IN2O3/c15-8-2-1-3-13(18)17-11-6-4-10(5-7-11)9-12(16)14(19)20/h4-7,12H,1-3,8-9,16H2,(H,17,18)(H,19,20). The molecule has 5 nitrogen and oxygen atoms in total. The summed E-state index contributed by atoms with van der Waals surface area (Å²) in [5.74, 6) is -1.01. The van der Waals surface area contributed by atoms with Crippen molar-refractivity contribution >= 4 is 40.2 Å². The van der Waals surface area contributed by atoms with E-state index in [2.05, 4.69) is 27.9 Å². The predicted octanol–water partition coefficient (Wildman–Crippen LogP) is 2.18. The molecule has 110 valence electrons. The van der Waals surface area contributed by atoms with E-state index in [-0.39, 0.29) is 12.3 Å². The molecule has 1 aromatic rings.